The SMILES string of the molecule is CC(C)(C)c1cc(N2C=CN(c3[c-]c(N(c4[c-]c5c(cc4)c4ccccc4n5-c4cc(C(C)(C)C)ccn4)c4ccccc4)cc(-c4ccccc4)c3)[CH-]2)cc(C(C)(C)c2ccccc2)c1.[Pt]. The Hall–Kier alpha value is -6.68. The predicted octanol–water partition coefficient (Wildman–Crippen LogP) is 15.8. The Morgan fingerprint density at radius 3 is 1.87 bits per heavy atom. The number of hydrogen-bond acceptors (Lipinski definition) is 4. The smallest absolute Gasteiger partial charge is 0.135 e. The van der Waals surface area contributed by atoms with Gasteiger partial charge in [-0.1, -0.05) is 175 Å². The van der Waals surface area contributed by atoms with E-state index < -0.39 is 0 Å². The number of pyridine rings is 1. The Bertz CT molecular complexity index is 3230. The molecule has 0 amide bonds. The summed E-state index contributed by atoms with van der Waals surface area (Å²) in [5, 5.41) is 2.28. The Morgan fingerprint density at radius 2 is 1.15 bits per heavy atom. The third-order valence-corrected chi connectivity index (χ3v) is 13.1. The second kappa shape index (κ2) is 17.8. The molecule has 67 heavy (non-hydrogen) atoms. The van der Waals surface area contributed by atoms with E-state index >= 15 is 0 Å². The van der Waals surface area contributed by atoms with Gasteiger partial charge in [-0.3, -0.25) is 0 Å². The van der Waals surface area contributed by atoms with Crippen LogP contribution in [0.3, 0.4) is 0 Å². The number of hydrogen-bond donors (Lipinski definition) is 0. The van der Waals surface area contributed by atoms with Crippen molar-refractivity contribution in [1.29, 1.82) is 0 Å². The van der Waals surface area contributed by atoms with E-state index in [4.69, 9.17) is 4.98 Å². The first-order valence-corrected chi connectivity index (χ1v) is 22.9. The molecule has 5 nitrogen and oxygen atoms in total. The molecule has 0 radical (unpaired) electrons. The molecule has 0 bridgehead atoms. The number of aromatic nitrogens is 2. The van der Waals surface area contributed by atoms with Gasteiger partial charge in [0.25, 0.3) is 0 Å². The normalized spacial score (nSPS) is 13.1. The summed E-state index contributed by atoms with van der Waals surface area (Å²) in [6.07, 6.45) is 6.22. The Morgan fingerprint density at radius 1 is 0.507 bits per heavy atom. The number of benzene rings is 7. The maximum atomic E-state index is 4.97. The molecule has 0 N–H and O–H groups in total. The second-order valence-electron chi connectivity index (χ2n) is 20.0. The summed E-state index contributed by atoms with van der Waals surface area (Å²) in [6.45, 7) is 20.4. The summed E-state index contributed by atoms with van der Waals surface area (Å²) < 4.78 is 2.27. The molecule has 0 fully saturated rings. The van der Waals surface area contributed by atoms with Gasteiger partial charge in [-0.05, 0) is 98.9 Å². The van der Waals surface area contributed by atoms with Gasteiger partial charge < -0.3 is 19.3 Å². The predicted molar refractivity (Wildman–Crippen MR) is 277 cm³/mol. The van der Waals surface area contributed by atoms with E-state index in [0.29, 0.717) is 0 Å². The van der Waals surface area contributed by atoms with Crippen molar-refractivity contribution in [2.45, 2.75) is 71.6 Å². The molecular weight excluding hydrogens is 998 g/mol. The summed E-state index contributed by atoms with van der Waals surface area (Å²) in [5.41, 5.74) is 13.9. The Labute approximate surface area is 411 Å². The van der Waals surface area contributed by atoms with Gasteiger partial charge in [0, 0.05) is 49.6 Å². The van der Waals surface area contributed by atoms with Gasteiger partial charge in [-0.25, -0.2) is 4.98 Å². The first-order chi connectivity index (χ1) is 31.7. The van der Waals surface area contributed by atoms with Gasteiger partial charge in [-0.15, -0.1) is 53.6 Å². The average molecular weight is 1050 g/mol. The van der Waals surface area contributed by atoms with Crippen molar-refractivity contribution < 1.29 is 21.1 Å². The van der Waals surface area contributed by atoms with Crippen molar-refractivity contribution in [2.24, 2.45) is 0 Å². The summed E-state index contributed by atoms with van der Waals surface area (Å²) >= 11 is 0. The zero-order valence-corrected chi connectivity index (χ0v) is 41.8. The van der Waals surface area contributed by atoms with E-state index in [1.54, 1.807) is 0 Å². The van der Waals surface area contributed by atoms with E-state index in [2.05, 4.69) is 276 Å². The van der Waals surface area contributed by atoms with Gasteiger partial charge in [0.1, 0.15) is 5.82 Å². The van der Waals surface area contributed by atoms with Gasteiger partial charge in [-0.2, -0.15) is 6.07 Å². The average Bonchev–Trinajstić information content (AvgIpc) is 3.96. The fraction of sp³-hybridized carbons (Fsp3) is 0.180. The van der Waals surface area contributed by atoms with Crippen LogP contribution in [0.15, 0.2) is 188 Å². The first kappa shape index (κ1) is 45.5. The number of fused-ring (bicyclic) bond motifs is 3. The van der Waals surface area contributed by atoms with Crippen molar-refractivity contribution in [3.8, 4) is 16.9 Å². The van der Waals surface area contributed by atoms with Crippen molar-refractivity contribution >= 4 is 50.2 Å². The molecule has 0 spiro atoms. The molecule has 7 aromatic carbocycles. The van der Waals surface area contributed by atoms with Crippen LogP contribution in [-0.2, 0) is 37.3 Å². The van der Waals surface area contributed by atoms with Gasteiger partial charge in [0.15, 0.2) is 0 Å². The summed E-state index contributed by atoms with van der Waals surface area (Å²) in [4.78, 5) is 11.7. The summed E-state index contributed by atoms with van der Waals surface area (Å²) in [7, 11) is 0. The molecule has 10 rings (SSSR count). The number of rotatable bonds is 9. The molecule has 6 heteroatoms. The minimum Gasteiger partial charge on any atom is -0.500 e. The zero-order valence-electron chi connectivity index (χ0n) is 39.5. The van der Waals surface area contributed by atoms with Crippen LogP contribution in [0.1, 0.15) is 77.6 Å². The largest absolute Gasteiger partial charge is 0.500 e. The van der Waals surface area contributed by atoms with Crippen molar-refractivity contribution in [3.63, 3.8) is 0 Å². The Kier molecular flexibility index (Phi) is 12.1. The van der Waals surface area contributed by atoms with Gasteiger partial charge in [0.05, 0.1) is 0 Å². The third kappa shape index (κ3) is 8.86. The second-order valence-corrected chi connectivity index (χ2v) is 20.0. The molecule has 0 atom stereocenters. The number of nitrogens with zero attached hydrogens (tertiary/aromatic N) is 5. The molecule has 2 aromatic heterocycles. The fourth-order valence-electron chi connectivity index (χ4n) is 9.06. The van der Waals surface area contributed by atoms with Crippen LogP contribution in [0.4, 0.5) is 28.4 Å². The molecule has 0 aliphatic carbocycles. The molecule has 1 aliphatic rings. The van der Waals surface area contributed by atoms with Crippen molar-refractivity contribution in [2.75, 3.05) is 14.7 Å². The topological polar surface area (TPSA) is 27.5 Å². The van der Waals surface area contributed by atoms with Crippen LogP contribution >= 0.6 is 0 Å². The minimum absolute atomic E-state index is 0. The van der Waals surface area contributed by atoms with E-state index in [9.17, 15) is 0 Å². The van der Waals surface area contributed by atoms with Crippen molar-refractivity contribution in [1.82, 2.24) is 9.55 Å². The molecule has 1 aliphatic heterocycles. The molecule has 338 valence electrons. The molecule has 9 aromatic rings. The molecular formula is C61H56N5Pt-3. The fourth-order valence-corrected chi connectivity index (χ4v) is 9.06. The molecule has 0 unspecified atom stereocenters. The zero-order chi connectivity index (χ0) is 45.8. The van der Waals surface area contributed by atoms with Crippen LogP contribution in [0.5, 0.6) is 0 Å². The van der Waals surface area contributed by atoms with E-state index in [-0.39, 0.29) is 37.3 Å². The number of para-hydroxylation sites is 2. The van der Waals surface area contributed by atoms with Crippen LogP contribution in [0.2, 0.25) is 0 Å². The van der Waals surface area contributed by atoms with Gasteiger partial charge >= 0.3 is 0 Å². The quantitative estimate of drug-likeness (QED) is 0.135. The third-order valence-electron chi connectivity index (χ3n) is 13.1. The monoisotopic (exact) mass is 1050 g/mol. The van der Waals surface area contributed by atoms with Crippen molar-refractivity contribution in [3.05, 3.63) is 230 Å². The van der Waals surface area contributed by atoms with Crippen LogP contribution in [-0.4, -0.2) is 9.55 Å². The van der Waals surface area contributed by atoms with Crippen LogP contribution < -0.4 is 14.7 Å². The molecule has 0 saturated heterocycles. The van der Waals surface area contributed by atoms with E-state index in [0.717, 1.165) is 67.2 Å². The van der Waals surface area contributed by atoms with E-state index in [1.165, 1.54) is 22.3 Å². The van der Waals surface area contributed by atoms with E-state index in [1.807, 2.05) is 6.20 Å². The molecule has 0 saturated carbocycles. The van der Waals surface area contributed by atoms with Crippen LogP contribution in [0, 0.1) is 18.8 Å². The maximum absolute atomic E-state index is 4.97. The van der Waals surface area contributed by atoms with Crippen LogP contribution in [0.25, 0.3) is 38.8 Å². The molecule has 3 heterocycles. The standard InChI is InChI=1S/C61H56N5.Pt/c1-59(2,3)46-30-31-62-58(39-46)66-56-27-19-18-26-54(56)55-29-28-50(41-57(55)66)65(49-24-16-11-17-25-49)53-35-44(43-20-12-9-13-21-43)34-51(40-53)63-32-33-64(42-63)52-37-47(60(4,5)6)36-48(38-52)61(7,8)45-22-14-10-15-23-45;/h9-39,42H,1-8H3;/q-3;. The maximum Gasteiger partial charge on any atom is 0.135 e. The first-order valence-electron chi connectivity index (χ1n) is 22.9. The summed E-state index contributed by atoms with van der Waals surface area (Å²) in [5.74, 6) is 0.873. The Balaban J connectivity index is 0.00000562. The number of anilines is 5. The summed E-state index contributed by atoms with van der Waals surface area (Å²) in [6, 6.07) is 68.8. The van der Waals surface area contributed by atoms with Gasteiger partial charge in [0.2, 0.25) is 0 Å². The minimum atomic E-state index is -0.199.